The second kappa shape index (κ2) is 8.91. The molecule has 1 heterocycles. The van der Waals surface area contributed by atoms with E-state index in [0.717, 1.165) is 37.7 Å². The molecule has 1 aliphatic rings. The molecule has 3 rings (SSSR count). The molecule has 0 N–H and O–H groups in total. The van der Waals surface area contributed by atoms with Gasteiger partial charge < -0.3 is 9.47 Å². The predicted octanol–water partition coefficient (Wildman–Crippen LogP) is 5.01. The van der Waals surface area contributed by atoms with E-state index >= 15 is 0 Å². The highest BCUT2D eigenvalue weighted by Crippen LogP contribution is 2.38. The van der Waals surface area contributed by atoms with E-state index in [-0.39, 0.29) is 17.9 Å². The Morgan fingerprint density at radius 3 is 2.07 bits per heavy atom. The van der Waals surface area contributed by atoms with Crippen LogP contribution in [0.3, 0.4) is 0 Å². The first-order valence-corrected chi connectivity index (χ1v) is 9.81. The molecule has 2 amide bonds. The van der Waals surface area contributed by atoms with Crippen molar-refractivity contribution in [3.8, 4) is 11.5 Å². The minimum Gasteiger partial charge on any atom is -0.493 e. The van der Waals surface area contributed by atoms with Crippen LogP contribution in [-0.4, -0.2) is 30.9 Å². The van der Waals surface area contributed by atoms with Crippen molar-refractivity contribution in [3.63, 3.8) is 0 Å². The first kappa shape index (κ1) is 19.9. The van der Waals surface area contributed by atoms with E-state index in [4.69, 9.17) is 9.47 Å². The van der Waals surface area contributed by atoms with Crippen molar-refractivity contribution in [2.45, 2.75) is 45.1 Å². The smallest absolute Gasteiger partial charge is 0.262 e. The van der Waals surface area contributed by atoms with Gasteiger partial charge in [-0.1, -0.05) is 50.8 Å². The molecule has 5 heteroatoms. The lowest BCUT2D eigenvalue weighted by atomic mass is 9.98. The fourth-order valence-electron chi connectivity index (χ4n) is 3.76. The monoisotopic (exact) mass is 381 g/mol. The maximum Gasteiger partial charge on any atom is 0.262 e. The van der Waals surface area contributed by atoms with E-state index in [9.17, 15) is 9.59 Å². The predicted molar refractivity (Wildman–Crippen MR) is 108 cm³/mol. The Kier molecular flexibility index (Phi) is 6.34. The van der Waals surface area contributed by atoms with E-state index in [0.29, 0.717) is 22.6 Å². The Hall–Kier alpha value is -2.82. The summed E-state index contributed by atoms with van der Waals surface area (Å²) in [7, 11) is 3.17. The summed E-state index contributed by atoms with van der Waals surface area (Å²) in [5.41, 5.74) is 1.83. The van der Waals surface area contributed by atoms with Gasteiger partial charge in [0.2, 0.25) is 0 Å². The number of carbonyl (C=O) groups excluding carboxylic acids is 2. The van der Waals surface area contributed by atoms with Gasteiger partial charge in [-0.3, -0.25) is 14.5 Å². The number of methoxy groups -OCH3 is 2. The van der Waals surface area contributed by atoms with Crippen LogP contribution in [0.2, 0.25) is 0 Å². The average Bonchev–Trinajstić information content (AvgIpc) is 2.98. The van der Waals surface area contributed by atoms with Crippen LogP contribution < -0.4 is 9.47 Å². The summed E-state index contributed by atoms with van der Waals surface area (Å²) < 4.78 is 10.8. The third-order valence-electron chi connectivity index (χ3n) is 5.26. The summed E-state index contributed by atoms with van der Waals surface area (Å²) in [4.78, 5) is 27.5. The molecule has 0 saturated heterocycles. The molecule has 0 fully saturated rings. The quantitative estimate of drug-likeness (QED) is 0.452. The first-order valence-electron chi connectivity index (χ1n) is 9.81. The van der Waals surface area contributed by atoms with Crippen molar-refractivity contribution in [2.24, 2.45) is 0 Å². The first-order chi connectivity index (χ1) is 13.6. The van der Waals surface area contributed by atoms with Gasteiger partial charge in [-0.2, -0.15) is 0 Å². The highest BCUT2D eigenvalue weighted by atomic mass is 16.5. The van der Waals surface area contributed by atoms with Gasteiger partial charge in [0, 0.05) is 0 Å². The molecule has 0 aromatic heterocycles. The fraction of sp³-hybridized carbons (Fsp3) is 0.391. The molecule has 0 bridgehead atoms. The summed E-state index contributed by atoms with van der Waals surface area (Å²) >= 11 is 0. The second-order valence-electron chi connectivity index (χ2n) is 7.01. The molecule has 5 nitrogen and oxygen atoms in total. The number of ether oxygens (including phenoxy) is 2. The van der Waals surface area contributed by atoms with Crippen LogP contribution in [0.1, 0.15) is 71.3 Å². The second-order valence-corrected chi connectivity index (χ2v) is 7.01. The number of benzene rings is 2. The topological polar surface area (TPSA) is 55.8 Å². The lowest BCUT2D eigenvalue weighted by Gasteiger charge is -2.27. The third kappa shape index (κ3) is 3.75. The van der Waals surface area contributed by atoms with Crippen LogP contribution in [0.15, 0.2) is 42.5 Å². The van der Waals surface area contributed by atoms with Crippen LogP contribution in [0.5, 0.6) is 11.5 Å². The number of hydrogen-bond donors (Lipinski definition) is 0. The molecule has 0 radical (unpaired) electrons. The van der Waals surface area contributed by atoms with Crippen molar-refractivity contribution in [2.75, 3.05) is 14.2 Å². The van der Waals surface area contributed by atoms with Gasteiger partial charge in [-0.05, 0) is 36.2 Å². The van der Waals surface area contributed by atoms with E-state index < -0.39 is 0 Å². The Labute approximate surface area is 166 Å². The normalized spacial score (nSPS) is 14.2. The molecule has 0 spiro atoms. The molecular formula is C23H27NO4. The zero-order chi connectivity index (χ0) is 20.1. The van der Waals surface area contributed by atoms with Crippen molar-refractivity contribution in [1.82, 2.24) is 4.90 Å². The van der Waals surface area contributed by atoms with Gasteiger partial charge in [0.1, 0.15) is 0 Å². The molecular weight excluding hydrogens is 354 g/mol. The van der Waals surface area contributed by atoms with Crippen LogP contribution in [0.25, 0.3) is 0 Å². The van der Waals surface area contributed by atoms with E-state index in [1.165, 1.54) is 4.90 Å². The Balaban J connectivity index is 1.96. The summed E-state index contributed by atoms with van der Waals surface area (Å²) in [5.74, 6) is 0.764. The summed E-state index contributed by atoms with van der Waals surface area (Å²) in [5, 5.41) is 0. The number of carbonyl (C=O) groups is 2. The average molecular weight is 381 g/mol. The molecule has 1 unspecified atom stereocenters. The number of fused-ring (bicyclic) bond motifs is 1. The highest BCUT2D eigenvalue weighted by molar-refractivity contribution is 6.21. The highest BCUT2D eigenvalue weighted by Gasteiger charge is 2.40. The van der Waals surface area contributed by atoms with E-state index in [1.54, 1.807) is 38.5 Å². The Morgan fingerprint density at radius 1 is 0.857 bits per heavy atom. The molecule has 2 aromatic carbocycles. The number of hydrogen-bond acceptors (Lipinski definition) is 4. The maximum atomic E-state index is 13.0. The SMILES string of the molecule is CCCCCCC(c1ccc(OC)c(OC)c1)N1C(=O)c2ccccc2C1=O. The lowest BCUT2D eigenvalue weighted by Crippen LogP contribution is -2.34. The van der Waals surface area contributed by atoms with Gasteiger partial charge >= 0.3 is 0 Å². The van der Waals surface area contributed by atoms with Gasteiger partial charge in [-0.25, -0.2) is 0 Å². The zero-order valence-electron chi connectivity index (χ0n) is 16.7. The molecule has 2 aromatic rings. The fourth-order valence-corrected chi connectivity index (χ4v) is 3.76. The summed E-state index contributed by atoms with van der Waals surface area (Å²) in [6, 6.07) is 12.3. The number of unbranched alkanes of at least 4 members (excludes halogenated alkanes) is 3. The van der Waals surface area contributed by atoms with Crippen LogP contribution in [-0.2, 0) is 0 Å². The minimum atomic E-state index is -0.330. The molecule has 0 saturated carbocycles. The molecule has 1 aliphatic heterocycles. The molecule has 28 heavy (non-hydrogen) atoms. The van der Waals surface area contributed by atoms with Crippen LogP contribution in [0.4, 0.5) is 0 Å². The lowest BCUT2D eigenvalue weighted by molar-refractivity contribution is 0.0571. The van der Waals surface area contributed by atoms with Crippen LogP contribution >= 0.6 is 0 Å². The number of imide groups is 1. The van der Waals surface area contributed by atoms with Gasteiger partial charge in [0.15, 0.2) is 11.5 Å². The van der Waals surface area contributed by atoms with Gasteiger partial charge in [-0.15, -0.1) is 0 Å². The van der Waals surface area contributed by atoms with Gasteiger partial charge in [0.05, 0.1) is 31.4 Å². The molecule has 1 atom stereocenters. The van der Waals surface area contributed by atoms with Crippen molar-refractivity contribution in [1.29, 1.82) is 0 Å². The zero-order valence-corrected chi connectivity index (χ0v) is 16.7. The Bertz CT molecular complexity index is 826. The maximum absolute atomic E-state index is 13.0. The van der Waals surface area contributed by atoms with Gasteiger partial charge in [0.25, 0.3) is 11.8 Å². The number of amides is 2. The van der Waals surface area contributed by atoms with E-state index in [2.05, 4.69) is 6.92 Å². The Morgan fingerprint density at radius 2 is 1.50 bits per heavy atom. The standard InChI is InChI=1S/C23H27NO4/c1-4-5-6-7-12-19(16-13-14-20(27-2)21(15-16)28-3)24-22(25)17-10-8-9-11-18(17)23(24)26/h8-11,13-15,19H,4-7,12H2,1-3H3. The van der Waals surface area contributed by atoms with Crippen LogP contribution in [0, 0.1) is 0 Å². The molecule has 148 valence electrons. The van der Waals surface area contributed by atoms with Crippen molar-refractivity contribution in [3.05, 3.63) is 59.2 Å². The summed E-state index contributed by atoms with van der Waals surface area (Å²) in [6.07, 6.45) is 5.01. The summed E-state index contributed by atoms with van der Waals surface area (Å²) in [6.45, 7) is 2.16. The minimum absolute atomic E-state index is 0.226. The molecule has 0 aliphatic carbocycles. The van der Waals surface area contributed by atoms with Crippen molar-refractivity contribution >= 4 is 11.8 Å². The van der Waals surface area contributed by atoms with E-state index in [1.807, 2.05) is 18.2 Å². The third-order valence-corrected chi connectivity index (χ3v) is 5.26. The van der Waals surface area contributed by atoms with Crippen molar-refractivity contribution < 1.29 is 19.1 Å². The number of nitrogens with zero attached hydrogens (tertiary/aromatic N) is 1. The number of rotatable bonds is 9. The largest absolute Gasteiger partial charge is 0.493 e.